The van der Waals surface area contributed by atoms with E-state index in [4.69, 9.17) is 9.47 Å². The maximum Gasteiger partial charge on any atom is 0.154 e. The molecule has 168 valence electrons. The molecule has 28 heavy (non-hydrogen) atoms. The molecule has 3 unspecified atom stereocenters. The highest BCUT2D eigenvalue weighted by Gasteiger charge is 2.27. The number of hydrogen-bond donors (Lipinski definition) is 5. The monoisotopic (exact) mass is 405 g/mol. The molecule has 0 aromatic rings. The van der Waals surface area contributed by atoms with E-state index >= 15 is 0 Å². The molecule has 0 amide bonds. The van der Waals surface area contributed by atoms with Gasteiger partial charge < -0.3 is 29.9 Å². The van der Waals surface area contributed by atoms with Gasteiger partial charge in [-0.2, -0.15) is 0 Å². The number of rotatable bonds is 20. The number of ether oxygens (including phenoxy) is 2. The fourth-order valence-electron chi connectivity index (χ4n) is 3.00. The lowest BCUT2D eigenvalue weighted by Gasteiger charge is -2.31. The third kappa shape index (κ3) is 14.5. The average molecular weight is 406 g/mol. The lowest BCUT2D eigenvalue weighted by Crippen LogP contribution is -2.53. The van der Waals surface area contributed by atoms with E-state index in [0.717, 1.165) is 32.1 Å². The van der Waals surface area contributed by atoms with Crippen LogP contribution in [-0.2, 0) is 9.47 Å². The van der Waals surface area contributed by atoms with Crippen molar-refractivity contribution in [2.45, 2.75) is 102 Å². The summed E-state index contributed by atoms with van der Waals surface area (Å²) in [7, 11) is 0. The molecular weight excluding hydrogens is 362 g/mol. The van der Waals surface area contributed by atoms with E-state index in [2.05, 4.69) is 11.9 Å². The van der Waals surface area contributed by atoms with Gasteiger partial charge in [-0.05, 0) is 39.0 Å². The van der Waals surface area contributed by atoms with Crippen molar-refractivity contribution in [3.63, 3.8) is 0 Å². The molecule has 0 aliphatic heterocycles. The molecule has 0 saturated carbocycles. The fourth-order valence-corrected chi connectivity index (χ4v) is 3.00. The Morgan fingerprint density at radius 2 is 1.61 bits per heavy atom. The van der Waals surface area contributed by atoms with Crippen LogP contribution in [0.2, 0.25) is 0 Å². The van der Waals surface area contributed by atoms with Gasteiger partial charge in [0.1, 0.15) is 6.23 Å². The van der Waals surface area contributed by atoms with Gasteiger partial charge in [0, 0.05) is 0 Å². The van der Waals surface area contributed by atoms with Crippen molar-refractivity contribution in [1.82, 2.24) is 5.32 Å². The molecule has 7 heteroatoms. The lowest BCUT2D eigenvalue weighted by molar-refractivity contribution is -0.126. The Morgan fingerprint density at radius 1 is 0.964 bits per heavy atom. The van der Waals surface area contributed by atoms with Crippen molar-refractivity contribution in [1.29, 1.82) is 0 Å². The van der Waals surface area contributed by atoms with Crippen molar-refractivity contribution in [3.8, 4) is 0 Å². The first-order chi connectivity index (χ1) is 13.5. The molecule has 0 rings (SSSR count). The van der Waals surface area contributed by atoms with E-state index in [0.29, 0.717) is 12.8 Å². The quantitative estimate of drug-likeness (QED) is 0.120. The molecule has 0 aromatic carbocycles. The van der Waals surface area contributed by atoms with E-state index in [1.807, 2.05) is 13.0 Å². The van der Waals surface area contributed by atoms with Crippen molar-refractivity contribution < 1.29 is 29.9 Å². The average Bonchev–Trinajstić information content (AvgIpc) is 2.68. The van der Waals surface area contributed by atoms with Crippen LogP contribution in [0, 0.1) is 0 Å². The van der Waals surface area contributed by atoms with E-state index in [1.54, 1.807) is 6.92 Å². The van der Waals surface area contributed by atoms with Crippen LogP contribution in [0.5, 0.6) is 0 Å². The molecule has 5 N–H and O–H groups in total. The number of allylic oxidation sites excluding steroid dienone is 1. The summed E-state index contributed by atoms with van der Waals surface area (Å²) in [5, 5.41) is 41.8. The van der Waals surface area contributed by atoms with E-state index in [1.165, 1.54) is 12.8 Å². The van der Waals surface area contributed by atoms with E-state index < -0.39 is 37.4 Å². The van der Waals surface area contributed by atoms with Gasteiger partial charge in [-0.1, -0.05) is 38.7 Å². The third-order valence-electron chi connectivity index (χ3n) is 4.69. The standard InChI is InChI=1S/C21H43NO6/c1-4-6-7-8-9-10-11-13-20(26)28-15-14-27-17(3)21(18(24)16-23)22-19(25)12-5-2/h4,17-26H,1,5-16H2,2-3H3/t17?,18-,19?,20?,21-/m0/s1. The van der Waals surface area contributed by atoms with Gasteiger partial charge in [0.25, 0.3) is 0 Å². The zero-order valence-corrected chi connectivity index (χ0v) is 17.8. The van der Waals surface area contributed by atoms with Crippen molar-refractivity contribution in [2.75, 3.05) is 19.8 Å². The molecule has 7 nitrogen and oxygen atoms in total. The molecule has 0 radical (unpaired) electrons. The summed E-state index contributed by atoms with van der Waals surface area (Å²) in [6.45, 7) is 7.49. The van der Waals surface area contributed by atoms with Crippen molar-refractivity contribution in [2.24, 2.45) is 0 Å². The Bertz CT molecular complexity index is 358. The predicted octanol–water partition coefficient (Wildman–Crippen LogP) is 2.07. The number of hydrogen-bond acceptors (Lipinski definition) is 7. The van der Waals surface area contributed by atoms with Gasteiger partial charge >= 0.3 is 0 Å². The highest BCUT2D eigenvalue weighted by Crippen LogP contribution is 2.10. The van der Waals surface area contributed by atoms with Crippen LogP contribution in [0.15, 0.2) is 12.7 Å². The lowest BCUT2D eigenvalue weighted by atomic mass is 10.1. The Kier molecular flexibility index (Phi) is 18.1. The Labute approximate surface area is 170 Å². The molecule has 0 bridgehead atoms. The summed E-state index contributed by atoms with van der Waals surface area (Å²) in [4.78, 5) is 0. The Hall–Kier alpha value is -0.540. The second-order valence-corrected chi connectivity index (χ2v) is 7.28. The predicted molar refractivity (Wildman–Crippen MR) is 111 cm³/mol. The number of nitrogens with one attached hydrogen (secondary N) is 1. The van der Waals surface area contributed by atoms with Crippen LogP contribution in [0.1, 0.15) is 71.6 Å². The first-order valence-corrected chi connectivity index (χ1v) is 10.7. The van der Waals surface area contributed by atoms with Crippen LogP contribution in [0.25, 0.3) is 0 Å². The van der Waals surface area contributed by atoms with E-state index in [-0.39, 0.29) is 13.2 Å². The van der Waals surface area contributed by atoms with Gasteiger partial charge in [-0.3, -0.25) is 5.32 Å². The Morgan fingerprint density at radius 3 is 2.25 bits per heavy atom. The summed E-state index contributed by atoms with van der Waals surface area (Å²) < 4.78 is 11.0. The minimum absolute atomic E-state index is 0.240. The smallest absolute Gasteiger partial charge is 0.154 e. The second-order valence-electron chi connectivity index (χ2n) is 7.28. The SMILES string of the molecule is C=CCCCCCCCC(O)OCCOC(C)[C@H](NC(O)CCC)[C@@H](O)CO. The van der Waals surface area contributed by atoms with Crippen LogP contribution < -0.4 is 5.32 Å². The maximum atomic E-state index is 9.96. The molecule has 5 atom stereocenters. The molecular formula is C21H43NO6. The number of aliphatic hydroxyl groups is 4. The van der Waals surface area contributed by atoms with Crippen LogP contribution >= 0.6 is 0 Å². The molecule has 0 aromatic heterocycles. The van der Waals surface area contributed by atoms with Crippen molar-refractivity contribution >= 4 is 0 Å². The minimum atomic E-state index is -1.04. The van der Waals surface area contributed by atoms with Crippen molar-refractivity contribution in [3.05, 3.63) is 12.7 Å². The topological polar surface area (TPSA) is 111 Å². The number of aliphatic hydroxyl groups excluding tert-OH is 4. The van der Waals surface area contributed by atoms with Gasteiger partial charge in [0.2, 0.25) is 0 Å². The molecule has 0 heterocycles. The number of unbranched alkanes of at least 4 members (excludes halogenated alkanes) is 5. The van der Waals surface area contributed by atoms with E-state index in [9.17, 15) is 20.4 Å². The van der Waals surface area contributed by atoms with Crippen LogP contribution in [0.4, 0.5) is 0 Å². The maximum absolute atomic E-state index is 9.96. The van der Waals surface area contributed by atoms with Gasteiger partial charge in [0.15, 0.2) is 6.29 Å². The van der Waals surface area contributed by atoms with Crippen LogP contribution in [0.3, 0.4) is 0 Å². The fraction of sp³-hybridized carbons (Fsp3) is 0.905. The summed E-state index contributed by atoms with van der Waals surface area (Å²) in [5.74, 6) is 0. The molecule has 0 aliphatic carbocycles. The summed E-state index contributed by atoms with van der Waals surface area (Å²) in [6.07, 6.45) is 7.44. The first-order valence-electron chi connectivity index (χ1n) is 10.7. The Balaban J connectivity index is 3.93. The molecule has 0 fully saturated rings. The molecule has 0 spiro atoms. The van der Waals surface area contributed by atoms with Gasteiger partial charge in [0.05, 0.1) is 38.1 Å². The third-order valence-corrected chi connectivity index (χ3v) is 4.69. The van der Waals surface area contributed by atoms with Gasteiger partial charge in [-0.15, -0.1) is 6.58 Å². The largest absolute Gasteiger partial charge is 0.394 e. The summed E-state index contributed by atoms with van der Waals surface area (Å²) in [6, 6.07) is -0.599. The second kappa shape index (κ2) is 18.5. The zero-order chi connectivity index (χ0) is 21.2. The highest BCUT2D eigenvalue weighted by atomic mass is 16.6. The zero-order valence-electron chi connectivity index (χ0n) is 17.8. The molecule has 0 aliphatic rings. The molecule has 0 saturated heterocycles. The van der Waals surface area contributed by atoms with Crippen LogP contribution in [-0.4, -0.2) is 71.0 Å². The first kappa shape index (κ1) is 27.5. The summed E-state index contributed by atoms with van der Waals surface area (Å²) in [5.41, 5.74) is 0. The normalized spacial score (nSPS) is 17.1. The minimum Gasteiger partial charge on any atom is -0.394 e. The van der Waals surface area contributed by atoms with Gasteiger partial charge in [-0.25, -0.2) is 0 Å². The summed E-state index contributed by atoms with van der Waals surface area (Å²) >= 11 is 0. The highest BCUT2D eigenvalue weighted by molar-refractivity contribution is 4.82.